The third-order valence-electron chi connectivity index (χ3n) is 14.2. The second kappa shape index (κ2) is 63.6. The maximum atomic E-state index is 12.9. The van der Waals surface area contributed by atoms with Crippen molar-refractivity contribution in [2.24, 2.45) is 0 Å². The molecule has 0 spiro atoms. The molecule has 0 aliphatic heterocycles. The summed E-state index contributed by atoms with van der Waals surface area (Å²) in [6, 6.07) is 0. The number of quaternary nitrogens is 1. The molecule has 480 valence electrons. The van der Waals surface area contributed by atoms with Gasteiger partial charge < -0.3 is 27.9 Å². The summed E-state index contributed by atoms with van der Waals surface area (Å²) in [4.78, 5) is 38.0. The van der Waals surface area contributed by atoms with Gasteiger partial charge in [-0.05, 0) is 116 Å². The van der Waals surface area contributed by atoms with Crippen LogP contribution in [0.15, 0.2) is 134 Å². The molecule has 0 aromatic rings. The van der Waals surface area contributed by atoms with E-state index in [1.54, 1.807) is 0 Å². The number of unbranched alkanes of at least 4 members (excludes halogenated alkanes) is 25. The number of hydrogen-bond acceptors (Lipinski definition) is 8. The molecule has 9 nitrogen and oxygen atoms in total. The highest BCUT2D eigenvalue weighted by Crippen LogP contribution is 2.38. The number of likely N-dealkylation sites (N-methyl/N-ethyl adjacent to an activating group) is 1. The molecule has 0 radical (unpaired) electrons. The minimum Gasteiger partial charge on any atom is -0.756 e. The summed E-state index contributed by atoms with van der Waals surface area (Å²) >= 11 is 0. The van der Waals surface area contributed by atoms with Gasteiger partial charge in [-0.3, -0.25) is 14.2 Å². The van der Waals surface area contributed by atoms with Gasteiger partial charge in [-0.1, -0.05) is 276 Å². The number of esters is 2. The smallest absolute Gasteiger partial charge is 0.306 e. The van der Waals surface area contributed by atoms with Crippen molar-refractivity contribution in [2.45, 2.75) is 277 Å². The summed E-state index contributed by atoms with van der Waals surface area (Å²) in [5.41, 5.74) is 0. The van der Waals surface area contributed by atoms with E-state index >= 15 is 0 Å². The quantitative estimate of drug-likeness (QED) is 0.0195. The van der Waals surface area contributed by atoms with E-state index in [0.717, 1.165) is 122 Å². The van der Waals surface area contributed by atoms with Crippen molar-refractivity contribution >= 4 is 19.8 Å². The number of ether oxygens (including phenoxy) is 2. The SMILES string of the molecule is CC/C=C\C/C=C\C/C=C\C/C=C\C/C=C\C/C=C\C/C=C\C/C=C\CCCCCCCCCCCCCCC(=O)OC(COC(=O)CCCCCCCCCC/C=C\C/C=C\C/C=C\CCCCCCC)COP(=O)([O-])OCC[N+](C)(C)C. The fourth-order valence-corrected chi connectivity index (χ4v) is 9.70. The number of nitrogens with zero attached hydrogens (tertiary/aromatic N) is 1. The van der Waals surface area contributed by atoms with E-state index in [0.29, 0.717) is 17.4 Å². The first-order valence-electron chi connectivity index (χ1n) is 33.9. The number of rotatable bonds is 61. The highest BCUT2D eigenvalue weighted by atomic mass is 31.2. The molecular formula is C74H126NO8P. The van der Waals surface area contributed by atoms with Gasteiger partial charge in [0.1, 0.15) is 19.8 Å². The summed E-state index contributed by atoms with van der Waals surface area (Å²) in [5, 5.41) is 0. The molecule has 0 heterocycles. The van der Waals surface area contributed by atoms with E-state index in [9.17, 15) is 19.0 Å². The summed E-state index contributed by atoms with van der Waals surface area (Å²) in [6.07, 6.45) is 92.3. The molecule has 2 unspecified atom stereocenters. The maximum Gasteiger partial charge on any atom is 0.306 e. The summed E-state index contributed by atoms with van der Waals surface area (Å²) in [5.74, 6) is -0.846. The zero-order chi connectivity index (χ0) is 61.2. The lowest BCUT2D eigenvalue weighted by Crippen LogP contribution is -2.37. The number of hydrogen-bond donors (Lipinski definition) is 0. The topological polar surface area (TPSA) is 111 Å². The van der Waals surface area contributed by atoms with E-state index in [1.807, 2.05) is 21.1 Å². The summed E-state index contributed by atoms with van der Waals surface area (Å²) < 4.78 is 34.3. The average Bonchev–Trinajstić information content (AvgIpc) is 3.61. The van der Waals surface area contributed by atoms with E-state index in [4.69, 9.17) is 18.5 Å². The number of allylic oxidation sites excluding steroid dienone is 22. The first-order valence-corrected chi connectivity index (χ1v) is 35.4. The molecule has 0 aromatic carbocycles. The van der Waals surface area contributed by atoms with Crippen LogP contribution in [-0.4, -0.2) is 70.0 Å². The van der Waals surface area contributed by atoms with E-state index in [1.165, 1.54) is 116 Å². The highest BCUT2D eigenvalue weighted by molar-refractivity contribution is 7.45. The van der Waals surface area contributed by atoms with Crippen molar-refractivity contribution in [3.05, 3.63) is 134 Å². The summed E-state index contributed by atoms with van der Waals surface area (Å²) in [6.45, 7) is 4.11. The second-order valence-electron chi connectivity index (χ2n) is 23.5. The Morgan fingerprint density at radius 2 is 0.679 bits per heavy atom. The van der Waals surface area contributed by atoms with Crippen LogP contribution in [0.2, 0.25) is 0 Å². The predicted octanol–water partition coefficient (Wildman–Crippen LogP) is 21.4. The molecule has 0 amide bonds. The zero-order valence-corrected chi connectivity index (χ0v) is 55.4. The van der Waals surface area contributed by atoms with Crippen LogP contribution in [0.4, 0.5) is 0 Å². The monoisotopic (exact) mass is 1190 g/mol. The molecule has 0 aromatic heterocycles. The van der Waals surface area contributed by atoms with Crippen LogP contribution in [0, 0.1) is 0 Å². The molecule has 0 aliphatic carbocycles. The molecule has 0 bridgehead atoms. The van der Waals surface area contributed by atoms with Crippen molar-refractivity contribution in [1.29, 1.82) is 0 Å². The molecule has 0 aliphatic rings. The Kier molecular flexibility index (Phi) is 60.7. The van der Waals surface area contributed by atoms with Crippen molar-refractivity contribution in [1.82, 2.24) is 0 Å². The van der Waals surface area contributed by atoms with Crippen LogP contribution in [0.25, 0.3) is 0 Å². The molecular weight excluding hydrogens is 1060 g/mol. The minimum absolute atomic E-state index is 0.0383. The normalized spacial score (nSPS) is 14.0. The van der Waals surface area contributed by atoms with Gasteiger partial charge in [0.25, 0.3) is 7.82 Å². The van der Waals surface area contributed by atoms with Gasteiger partial charge in [-0.2, -0.15) is 0 Å². The van der Waals surface area contributed by atoms with Crippen molar-refractivity contribution in [3.63, 3.8) is 0 Å². The predicted molar refractivity (Wildman–Crippen MR) is 360 cm³/mol. The molecule has 84 heavy (non-hydrogen) atoms. The lowest BCUT2D eigenvalue weighted by atomic mass is 10.0. The van der Waals surface area contributed by atoms with Gasteiger partial charge in [0.05, 0.1) is 27.7 Å². The van der Waals surface area contributed by atoms with Gasteiger partial charge in [-0.15, -0.1) is 0 Å². The maximum absolute atomic E-state index is 12.9. The number of carbonyl (C=O) groups excluding carboxylic acids is 2. The minimum atomic E-state index is -4.65. The number of phosphoric ester groups is 1. The van der Waals surface area contributed by atoms with Gasteiger partial charge in [0, 0.05) is 12.8 Å². The van der Waals surface area contributed by atoms with Gasteiger partial charge in [0.15, 0.2) is 6.10 Å². The van der Waals surface area contributed by atoms with E-state index < -0.39 is 32.5 Å². The Morgan fingerprint density at radius 3 is 1.01 bits per heavy atom. The molecule has 2 atom stereocenters. The van der Waals surface area contributed by atoms with Gasteiger partial charge in [-0.25, -0.2) is 0 Å². The first-order chi connectivity index (χ1) is 41.0. The third-order valence-corrected chi connectivity index (χ3v) is 15.1. The lowest BCUT2D eigenvalue weighted by molar-refractivity contribution is -0.870. The Balaban J connectivity index is 4.11. The average molecular weight is 1190 g/mol. The third kappa shape index (κ3) is 67.3. The van der Waals surface area contributed by atoms with Crippen molar-refractivity contribution in [3.8, 4) is 0 Å². The van der Waals surface area contributed by atoms with Crippen LogP contribution in [-0.2, 0) is 32.7 Å². The Morgan fingerprint density at radius 1 is 0.381 bits per heavy atom. The molecule has 0 rings (SSSR count). The highest BCUT2D eigenvalue weighted by Gasteiger charge is 2.22. The standard InChI is InChI=1S/C74H126NO8P/c1-6-8-10-12-14-16-18-20-22-24-26-28-30-31-32-33-34-35-36-37-38-39-40-41-42-43-45-47-49-51-53-55-57-59-61-63-65-67-74(77)83-72(71-82-84(78,79)81-69-68-75(3,4)5)70-80-73(76)66-64-62-60-58-56-54-52-50-48-46-44-29-27-25-23-21-19-17-15-13-11-9-7-2/h8,10,14,16,19-22,25-28,31-32,34-35,37-38,40-41,44,46,72H,6-7,9,11-13,15,17-18,23-24,29-30,33,36,39,42-43,45,47-71H2,1-5H3/b10-8-,16-14-,21-19-,22-20-,27-25-,28-26-,32-31-,35-34-,38-37-,41-40-,46-44-. The fourth-order valence-electron chi connectivity index (χ4n) is 8.97. The molecule has 0 fully saturated rings. The number of carbonyl (C=O) groups is 2. The van der Waals surface area contributed by atoms with E-state index in [2.05, 4.69) is 148 Å². The van der Waals surface area contributed by atoms with Gasteiger partial charge in [0.2, 0.25) is 0 Å². The Bertz CT molecular complexity index is 1880. The molecule has 10 heteroatoms. The zero-order valence-electron chi connectivity index (χ0n) is 54.6. The fraction of sp³-hybridized carbons (Fsp3) is 0.676. The van der Waals surface area contributed by atoms with Gasteiger partial charge >= 0.3 is 11.9 Å². The first kappa shape index (κ1) is 80.2. The van der Waals surface area contributed by atoms with Crippen molar-refractivity contribution < 1.29 is 42.1 Å². The van der Waals surface area contributed by atoms with Crippen molar-refractivity contribution in [2.75, 3.05) is 47.5 Å². The molecule has 0 N–H and O–H groups in total. The van der Waals surface area contributed by atoms with Crippen LogP contribution in [0.5, 0.6) is 0 Å². The van der Waals surface area contributed by atoms with E-state index in [-0.39, 0.29) is 26.1 Å². The Hall–Kier alpha value is -3.85. The van der Waals surface area contributed by atoms with Crippen LogP contribution in [0.1, 0.15) is 271 Å². The summed E-state index contributed by atoms with van der Waals surface area (Å²) in [7, 11) is 1.15. The Labute approximate surface area is 517 Å². The van der Waals surface area contributed by atoms with Crippen LogP contribution < -0.4 is 4.89 Å². The molecule has 0 saturated carbocycles. The second-order valence-corrected chi connectivity index (χ2v) is 24.9. The largest absolute Gasteiger partial charge is 0.756 e. The van der Waals surface area contributed by atoms with Crippen LogP contribution in [0.3, 0.4) is 0 Å². The number of phosphoric acid groups is 1. The lowest BCUT2D eigenvalue weighted by Gasteiger charge is -2.28. The van der Waals surface area contributed by atoms with Crippen LogP contribution >= 0.6 is 7.82 Å². The molecule has 0 saturated heterocycles.